The number of hydrogen-bond acceptors (Lipinski definition) is 6. The van der Waals surface area contributed by atoms with Crippen molar-refractivity contribution < 1.29 is 19.0 Å². The number of aromatic nitrogens is 2. The van der Waals surface area contributed by atoms with Crippen molar-refractivity contribution in [3.63, 3.8) is 0 Å². The number of ether oxygens (including phenoxy) is 3. The molecule has 0 amide bonds. The topological polar surface area (TPSA) is 79.7 Å². The second kappa shape index (κ2) is 8.87. The quantitative estimate of drug-likeness (QED) is 0.341. The zero-order valence-corrected chi connectivity index (χ0v) is 19.7. The van der Waals surface area contributed by atoms with Crippen LogP contribution in [0.25, 0.3) is 11.4 Å². The average molecular weight is 461 g/mol. The minimum absolute atomic E-state index is 0.0305. The number of carbonyl (C=O) groups is 1. The Hall–Kier alpha value is -2.38. The van der Waals surface area contributed by atoms with E-state index in [0.29, 0.717) is 30.4 Å². The first-order valence-electron chi connectivity index (χ1n) is 11.0. The van der Waals surface area contributed by atoms with Crippen LogP contribution in [0.3, 0.4) is 0 Å². The van der Waals surface area contributed by atoms with E-state index in [1.807, 2.05) is 10.6 Å². The molecule has 2 aromatic rings. The lowest BCUT2D eigenvalue weighted by molar-refractivity contribution is 0.0523. The van der Waals surface area contributed by atoms with Crippen molar-refractivity contribution in [2.45, 2.75) is 52.0 Å². The maximum absolute atomic E-state index is 12.8. The van der Waals surface area contributed by atoms with Crippen LogP contribution < -0.4 is 10.2 Å². The van der Waals surface area contributed by atoms with E-state index in [1.54, 1.807) is 20.2 Å². The van der Waals surface area contributed by atoms with Gasteiger partial charge in [-0.25, -0.2) is 9.78 Å². The van der Waals surface area contributed by atoms with E-state index in [-0.39, 0.29) is 40.1 Å². The number of methoxy groups -OCH3 is 1. The van der Waals surface area contributed by atoms with E-state index >= 15 is 0 Å². The summed E-state index contributed by atoms with van der Waals surface area (Å²) in [6.45, 7) is 7.46. The third kappa shape index (κ3) is 3.92. The lowest BCUT2D eigenvalue weighted by Gasteiger charge is -2.39. The summed E-state index contributed by atoms with van der Waals surface area (Å²) < 4.78 is 18.1. The van der Waals surface area contributed by atoms with E-state index < -0.39 is 5.97 Å². The number of nitrogens with zero attached hydrogens (tertiary/aromatic N) is 2. The summed E-state index contributed by atoms with van der Waals surface area (Å²) in [5.41, 5.74) is 2.01. The van der Waals surface area contributed by atoms with Crippen LogP contribution in [0.2, 0.25) is 5.15 Å². The lowest BCUT2D eigenvalue weighted by Crippen LogP contribution is -2.32. The van der Waals surface area contributed by atoms with Gasteiger partial charge in [0, 0.05) is 44.4 Å². The van der Waals surface area contributed by atoms with Gasteiger partial charge in [0.15, 0.2) is 16.3 Å². The van der Waals surface area contributed by atoms with Crippen LogP contribution in [-0.2, 0) is 9.47 Å². The highest BCUT2D eigenvalue weighted by Gasteiger charge is 2.48. The van der Waals surface area contributed by atoms with Gasteiger partial charge in [-0.15, -0.1) is 0 Å². The van der Waals surface area contributed by atoms with Crippen LogP contribution in [0.4, 0.5) is 0 Å². The number of carbonyl (C=O) groups excluding carboxylic acids is 1. The summed E-state index contributed by atoms with van der Waals surface area (Å²) in [5, 5.41) is 0.255. The van der Waals surface area contributed by atoms with E-state index in [9.17, 15) is 9.59 Å². The van der Waals surface area contributed by atoms with Gasteiger partial charge in [-0.2, -0.15) is 0 Å². The molecule has 3 heterocycles. The van der Waals surface area contributed by atoms with Gasteiger partial charge in [0.25, 0.3) is 0 Å². The Morgan fingerprint density at radius 1 is 1.31 bits per heavy atom. The molecule has 2 aromatic heterocycles. The summed E-state index contributed by atoms with van der Waals surface area (Å²) in [6.07, 6.45) is 4.37. The molecule has 1 saturated carbocycles. The third-order valence-electron chi connectivity index (χ3n) is 6.52. The summed E-state index contributed by atoms with van der Waals surface area (Å²) in [4.78, 5) is 29.9. The van der Waals surface area contributed by atoms with Gasteiger partial charge >= 0.3 is 5.97 Å². The Morgan fingerprint density at radius 2 is 2.09 bits per heavy atom. The second-order valence-corrected chi connectivity index (χ2v) is 9.41. The van der Waals surface area contributed by atoms with Gasteiger partial charge < -0.3 is 18.8 Å². The molecular formula is C24H29ClN2O5. The molecule has 1 fully saturated rings. The Morgan fingerprint density at radius 3 is 2.81 bits per heavy atom. The molecule has 2 aliphatic rings. The van der Waals surface area contributed by atoms with Gasteiger partial charge in [0.2, 0.25) is 0 Å². The molecule has 2 atom stereocenters. The lowest BCUT2D eigenvalue weighted by atomic mass is 9.79. The molecule has 0 bridgehead atoms. The van der Waals surface area contributed by atoms with E-state index in [2.05, 4.69) is 18.8 Å². The monoisotopic (exact) mass is 460 g/mol. The van der Waals surface area contributed by atoms with Crippen LogP contribution in [0, 0.1) is 5.41 Å². The molecule has 0 radical (unpaired) electrons. The minimum atomic E-state index is -0.600. The van der Waals surface area contributed by atoms with Crippen molar-refractivity contribution in [3.8, 4) is 17.1 Å². The zero-order chi connectivity index (χ0) is 23.0. The second-order valence-electron chi connectivity index (χ2n) is 9.05. The van der Waals surface area contributed by atoms with E-state index in [1.165, 1.54) is 6.07 Å². The molecule has 0 aromatic carbocycles. The van der Waals surface area contributed by atoms with Crippen LogP contribution in [0.1, 0.15) is 67.9 Å². The van der Waals surface area contributed by atoms with Crippen molar-refractivity contribution in [2.75, 3.05) is 26.9 Å². The molecule has 0 N–H and O–H groups in total. The normalized spacial score (nSPS) is 20.3. The standard InChI is InChI=1S/C24H29ClN2O5/c1-5-31-23(29)16-13-27-17(12-18(16)28)20-15(14-7-8-24(2,3)21(14)27)11-19(22(25)26-20)32-10-6-9-30-4/h11-14,21H,5-10H2,1-4H3/t14?,21-/m1/s1. The van der Waals surface area contributed by atoms with E-state index in [0.717, 1.165) is 24.8 Å². The Kier molecular flexibility index (Phi) is 6.32. The van der Waals surface area contributed by atoms with Crippen molar-refractivity contribution in [1.82, 2.24) is 9.55 Å². The van der Waals surface area contributed by atoms with Crippen molar-refractivity contribution in [2.24, 2.45) is 5.41 Å². The SMILES string of the molecule is CCOC(=O)c1cn2c(cc1=O)-c1nc(Cl)c(OCCCOC)cc1C1CCC(C)(C)[C@@H]12. The summed E-state index contributed by atoms with van der Waals surface area (Å²) >= 11 is 6.47. The molecule has 8 heteroatoms. The first-order chi connectivity index (χ1) is 15.3. The molecule has 4 rings (SSSR count). The zero-order valence-electron chi connectivity index (χ0n) is 18.9. The fraction of sp³-hybridized carbons (Fsp3) is 0.542. The number of hydrogen-bond donors (Lipinski definition) is 0. The molecule has 1 aliphatic heterocycles. The smallest absolute Gasteiger partial charge is 0.343 e. The van der Waals surface area contributed by atoms with Gasteiger partial charge in [0.05, 0.1) is 24.6 Å². The first-order valence-corrected chi connectivity index (χ1v) is 11.4. The predicted molar refractivity (Wildman–Crippen MR) is 122 cm³/mol. The van der Waals surface area contributed by atoms with Crippen molar-refractivity contribution in [1.29, 1.82) is 0 Å². The number of halogens is 1. The number of esters is 1. The molecule has 172 valence electrons. The maximum Gasteiger partial charge on any atom is 0.343 e. The van der Waals surface area contributed by atoms with Gasteiger partial charge in [-0.05, 0) is 36.8 Å². The van der Waals surface area contributed by atoms with Crippen molar-refractivity contribution >= 4 is 17.6 Å². The van der Waals surface area contributed by atoms with E-state index in [4.69, 9.17) is 25.8 Å². The molecule has 7 nitrogen and oxygen atoms in total. The molecular weight excluding hydrogens is 432 g/mol. The van der Waals surface area contributed by atoms with Gasteiger partial charge in [0.1, 0.15) is 5.56 Å². The van der Waals surface area contributed by atoms with Crippen LogP contribution in [0.5, 0.6) is 5.75 Å². The number of pyridine rings is 2. The fourth-order valence-corrected chi connectivity index (χ4v) is 5.26. The van der Waals surface area contributed by atoms with Crippen LogP contribution in [-0.4, -0.2) is 42.5 Å². The molecule has 0 spiro atoms. The Bertz CT molecular complexity index is 1090. The average Bonchev–Trinajstić information content (AvgIpc) is 3.07. The van der Waals surface area contributed by atoms with Crippen molar-refractivity contribution in [3.05, 3.63) is 44.8 Å². The first kappa shape index (κ1) is 22.8. The highest BCUT2D eigenvalue weighted by atomic mass is 35.5. The summed E-state index contributed by atoms with van der Waals surface area (Å²) in [7, 11) is 1.65. The largest absolute Gasteiger partial charge is 0.490 e. The predicted octanol–water partition coefficient (Wildman–Crippen LogP) is 4.61. The Balaban J connectivity index is 1.84. The molecule has 32 heavy (non-hydrogen) atoms. The fourth-order valence-electron chi connectivity index (χ4n) is 5.07. The summed E-state index contributed by atoms with van der Waals surface area (Å²) in [6, 6.07) is 3.53. The Labute approximate surface area is 192 Å². The highest BCUT2D eigenvalue weighted by molar-refractivity contribution is 6.31. The van der Waals surface area contributed by atoms with Crippen LogP contribution >= 0.6 is 11.6 Å². The third-order valence-corrected chi connectivity index (χ3v) is 6.79. The highest BCUT2D eigenvalue weighted by Crippen LogP contribution is 2.59. The maximum atomic E-state index is 12.8. The molecule has 1 unspecified atom stereocenters. The number of fused-ring (bicyclic) bond motifs is 6. The molecule has 0 saturated heterocycles. The molecule has 1 aliphatic carbocycles. The summed E-state index contributed by atoms with van der Waals surface area (Å²) in [5.74, 6) is 0.122. The number of rotatable bonds is 7. The van der Waals surface area contributed by atoms with Crippen LogP contribution in [0.15, 0.2) is 23.1 Å². The van der Waals surface area contributed by atoms with Gasteiger partial charge in [-0.1, -0.05) is 25.4 Å². The minimum Gasteiger partial charge on any atom is -0.490 e. The van der Waals surface area contributed by atoms with Gasteiger partial charge in [-0.3, -0.25) is 4.79 Å².